The SMILES string of the molecule is CC(C)(C)c1cc(N2CCN(C(=O)c3ccoc3)CC2)nc(C(C)(C)C)n1. The van der Waals surface area contributed by atoms with Crippen LogP contribution in [0, 0.1) is 0 Å². The fraction of sp³-hybridized carbons (Fsp3) is 0.571. The Morgan fingerprint density at radius 3 is 2.19 bits per heavy atom. The molecular formula is C21H30N4O2. The number of aromatic nitrogens is 2. The molecule has 0 aromatic carbocycles. The number of piperazine rings is 1. The molecule has 0 saturated carbocycles. The number of amides is 1. The summed E-state index contributed by atoms with van der Waals surface area (Å²) >= 11 is 0. The largest absolute Gasteiger partial charge is 0.472 e. The van der Waals surface area contributed by atoms with Crippen LogP contribution in [0.5, 0.6) is 0 Å². The summed E-state index contributed by atoms with van der Waals surface area (Å²) in [5.41, 5.74) is 1.50. The molecule has 0 aliphatic carbocycles. The molecule has 0 radical (unpaired) electrons. The average Bonchev–Trinajstić information content (AvgIpc) is 3.14. The highest BCUT2D eigenvalue weighted by Gasteiger charge is 2.27. The first-order chi connectivity index (χ1) is 12.6. The molecule has 2 aromatic rings. The third kappa shape index (κ3) is 4.31. The Balaban J connectivity index is 1.80. The van der Waals surface area contributed by atoms with E-state index < -0.39 is 0 Å². The number of rotatable bonds is 2. The number of furan rings is 1. The van der Waals surface area contributed by atoms with Crippen molar-refractivity contribution in [1.29, 1.82) is 0 Å². The third-order valence-corrected chi connectivity index (χ3v) is 4.81. The van der Waals surface area contributed by atoms with E-state index in [1.807, 2.05) is 4.90 Å². The molecule has 3 heterocycles. The monoisotopic (exact) mass is 370 g/mol. The predicted molar refractivity (Wildman–Crippen MR) is 106 cm³/mol. The van der Waals surface area contributed by atoms with E-state index in [0.29, 0.717) is 18.7 Å². The molecule has 0 N–H and O–H groups in total. The van der Waals surface area contributed by atoms with Gasteiger partial charge in [-0.05, 0) is 6.07 Å². The van der Waals surface area contributed by atoms with Crippen LogP contribution in [0.1, 0.15) is 63.4 Å². The van der Waals surface area contributed by atoms with Crippen molar-refractivity contribution in [3.63, 3.8) is 0 Å². The Morgan fingerprint density at radius 1 is 1.00 bits per heavy atom. The summed E-state index contributed by atoms with van der Waals surface area (Å²) in [6, 6.07) is 3.81. The zero-order chi connectivity index (χ0) is 19.8. The summed E-state index contributed by atoms with van der Waals surface area (Å²) in [6.45, 7) is 15.8. The van der Waals surface area contributed by atoms with E-state index in [1.165, 1.54) is 12.5 Å². The van der Waals surface area contributed by atoms with Crippen LogP contribution in [0.25, 0.3) is 0 Å². The number of carbonyl (C=O) groups excluding carboxylic acids is 1. The van der Waals surface area contributed by atoms with Gasteiger partial charge in [0.25, 0.3) is 5.91 Å². The van der Waals surface area contributed by atoms with Crippen LogP contribution in [-0.2, 0) is 10.8 Å². The maximum atomic E-state index is 12.5. The second-order valence-corrected chi connectivity index (χ2v) is 9.23. The lowest BCUT2D eigenvalue weighted by atomic mass is 9.90. The van der Waals surface area contributed by atoms with Gasteiger partial charge in [0.05, 0.1) is 17.5 Å². The van der Waals surface area contributed by atoms with Crippen LogP contribution in [0.3, 0.4) is 0 Å². The van der Waals surface area contributed by atoms with Gasteiger partial charge >= 0.3 is 0 Å². The van der Waals surface area contributed by atoms with E-state index in [1.54, 1.807) is 6.07 Å². The predicted octanol–water partition coefficient (Wildman–Crippen LogP) is 3.63. The zero-order valence-corrected chi connectivity index (χ0v) is 17.2. The van der Waals surface area contributed by atoms with E-state index in [-0.39, 0.29) is 16.7 Å². The fourth-order valence-electron chi connectivity index (χ4n) is 3.02. The second-order valence-electron chi connectivity index (χ2n) is 9.23. The molecule has 2 aromatic heterocycles. The molecule has 0 atom stereocenters. The van der Waals surface area contributed by atoms with Gasteiger partial charge in [-0.25, -0.2) is 9.97 Å². The van der Waals surface area contributed by atoms with Gasteiger partial charge in [0.2, 0.25) is 0 Å². The minimum absolute atomic E-state index is 0.0249. The molecule has 1 saturated heterocycles. The molecule has 3 rings (SSSR count). The van der Waals surface area contributed by atoms with E-state index >= 15 is 0 Å². The summed E-state index contributed by atoms with van der Waals surface area (Å²) in [5.74, 6) is 1.84. The molecule has 0 unspecified atom stereocenters. The number of hydrogen-bond acceptors (Lipinski definition) is 5. The van der Waals surface area contributed by atoms with Crippen molar-refractivity contribution in [3.8, 4) is 0 Å². The number of anilines is 1. The average molecular weight is 370 g/mol. The minimum atomic E-state index is -0.116. The standard InChI is InChI=1S/C21H30N4O2/c1-20(2,3)16-13-17(23-19(22-16)21(4,5)6)24-8-10-25(11-9-24)18(26)15-7-12-27-14-15/h7,12-14H,8-11H2,1-6H3. The van der Waals surface area contributed by atoms with E-state index in [2.05, 4.69) is 52.5 Å². The van der Waals surface area contributed by atoms with Crippen LogP contribution in [0.2, 0.25) is 0 Å². The summed E-state index contributed by atoms with van der Waals surface area (Å²) in [6.07, 6.45) is 3.04. The Morgan fingerprint density at radius 2 is 1.67 bits per heavy atom. The topological polar surface area (TPSA) is 62.5 Å². The van der Waals surface area contributed by atoms with Gasteiger partial charge in [-0.15, -0.1) is 0 Å². The number of hydrogen-bond donors (Lipinski definition) is 0. The van der Waals surface area contributed by atoms with Gasteiger partial charge in [0.1, 0.15) is 17.9 Å². The number of carbonyl (C=O) groups is 1. The Bertz CT molecular complexity index is 760. The maximum absolute atomic E-state index is 12.5. The highest BCUT2D eigenvalue weighted by molar-refractivity contribution is 5.94. The third-order valence-electron chi connectivity index (χ3n) is 4.81. The van der Waals surface area contributed by atoms with Crippen LogP contribution in [0.15, 0.2) is 29.1 Å². The highest BCUT2D eigenvalue weighted by Crippen LogP contribution is 2.28. The van der Waals surface area contributed by atoms with Gasteiger partial charge in [0.15, 0.2) is 0 Å². The first-order valence-electron chi connectivity index (χ1n) is 9.52. The molecule has 6 nitrogen and oxygen atoms in total. The van der Waals surface area contributed by atoms with E-state index in [0.717, 1.165) is 30.4 Å². The molecule has 146 valence electrons. The smallest absolute Gasteiger partial charge is 0.257 e. The first-order valence-corrected chi connectivity index (χ1v) is 9.52. The summed E-state index contributed by atoms with van der Waals surface area (Å²) in [4.78, 5) is 26.3. The summed E-state index contributed by atoms with van der Waals surface area (Å²) in [7, 11) is 0. The van der Waals surface area contributed by atoms with Crippen LogP contribution < -0.4 is 4.90 Å². The Labute approximate surface area is 161 Å². The van der Waals surface area contributed by atoms with Crippen molar-refractivity contribution < 1.29 is 9.21 Å². The molecule has 0 bridgehead atoms. The first kappa shape index (κ1) is 19.4. The van der Waals surface area contributed by atoms with Gasteiger partial charge in [-0.3, -0.25) is 4.79 Å². The molecule has 27 heavy (non-hydrogen) atoms. The van der Waals surface area contributed by atoms with Crippen LogP contribution in [0.4, 0.5) is 5.82 Å². The highest BCUT2D eigenvalue weighted by atomic mass is 16.3. The van der Waals surface area contributed by atoms with Crippen LogP contribution >= 0.6 is 0 Å². The second kappa shape index (κ2) is 6.98. The summed E-state index contributed by atoms with van der Waals surface area (Å²) in [5, 5.41) is 0. The van der Waals surface area contributed by atoms with Crippen molar-refractivity contribution >= 4 is 11.7 Å². The molecular weight excluding hydrogens is 340 g/mol. The van der Waals surface area contributed by atoms with Gasteiger partial charge in [-0.1, -0.05) is 41.5 Å². The summed E-state index contributed by atoms with van der Waals surface area (Å²) < 4.78 is 5.03. The molecule has 1 aliphatic heterocycles. The fourth-order valence-corrected chi connectivity index (χ4v) is 3.02. The molecule has 0 spiro atoms. The molecule has 1 fully saturated rings. The normalized spacial score (nSPS) is 15.9. The lowest BCUT2D eigenvalue weighted by Crippen LogP contribution is -2.49. The van der Waals surface area contributed by atoms with Crippen molar-refractivity contribution in [2.24, 2.45) is 0 Å². The van der Waals surface area contributed by atoms with Crippen LogP contribution in [-0.4, -0.2) is 47.0 Å². The van der Waals surface area contributed by atoms with Crippen molar-refractivity contribution in [2.45, 2.75) is 52.4 Å². The Hall–Kier alpha value is -2.37. The van der Waals surface area contributed by atoms with Crippen molar-refractivity contribution in [1.82, 2.24) is 14.9 Å². The van der Waals surface area contributed by atoms with Gasteiger partial charge in [0, 0.05) is 43.1 Å². The molecule has 1 amide bonds. The zero-order valence-electron chi connectivity index (χ0n) is 17.2. The minimum Gasteiger partial charge on any atom is -0.472 e. The molecule has 1 aliphatic rings. The lowest BCUT2D eigenvalue weighted by Gasteiger charge is -2.36. The van der Waals surface area contributed by atoms with Crippen molar-refractivity contribution in [2.75, 3.05) is 31.1 Å². The van der Waals surface area contributed by atoms with Crippen molar-refractivity contribution in [3.05, 3.63) is 41.7 Å². The van der Waals surface area contributed by atoms with Gasteiger partial charge < -0.3 is 14.2 Å². The quantitative estimate of drug-likeness (QED) is 0.808. The van der Waals surface area contributed by atoms with E-state index in [9.17, 15) is 4.79 Å². The maximum Gasteiger partial charge on any atom is 0.257 e. The lowest BCUT2D eigenvalue weighted by molar-refractivity contribution is 0.0745. The molecule has 6 heteroatoms. The Kier molecular flexibility index (Phi) is 5.02. The number of nitrogens with zero attached hydrogens (tertiary/aromatic N) is 4. The van der Waals surface area contributed by atoms with Gasteiger partial charge in [-0.2, -0.15) is 0 Å². The van der Waals surface area contributed by atoms with E-state index in [4.69, 9.17) is 14.4 Å².